The number of H-pyrrole nitrogens is 1. The van der Waals surface area contributed by atoms with Crippen LogP contribution < -0.4 is 16.0 Å². The van der Waals surface area contributed by atoms with Crippen LogP contribution in [0.25, 0.3) is 10.9 Å². The predicted octanol–water partition coefficient (Wildman–Crippen LogP) is 2.46. The molecule has 4 N–H and O–H groups in total. The van der Waals surface area contributed by atoms with Crippen LogP contribution in [0.15, 0.2) is 30.5 Å². The summed E-state index contributed by atoms with van der Waals surface area (Å²) < 4.78 is 0. The number of aromatic amines is 1. The zero-order valence-corrected chi connectivity index (χ0v) is 14.8. The van der Waals surface area contributed by atoms with E-state index in [0.717, 1.165) is 35.7 Å². The number of rotatable bonds is 7. The molecular formula is C19H26N4O2. The lowest BCUT2D eigenvalue weighted by Crippen LogP contribution is -2.52. The summed E-state index contributed by atoms with van der Waals surface area (Å²) in [4.78, 5) is 28.0. The molecule has 0 aliphatic heterocycles. The zero-order chi connectivity index (χ0) is 17.8. The Kier molecular flexibility index (Phi) is 5.26. The van der Waals surface area contributed by atoms with E-state index in [-0.39, 0.29) is 24.0 Å². The van der Waals surface area contributed by atoms with Crippen molar-refractivity contribution >= 4 is 22.8 Å². The van der Waals surface area contributed by atoms with Gasteiger partial charge in [-0.15, -0.1) is 0 Å². The van der Waals surface area contributed by atoms with Gasteiger partial charge in [0.15, 0.2) is 0 Å². The molecule has 1 aliphatic carbocycles. The quantitative estimate of drug-likeness (QED) is 0.623. The molecule has 2 unspecified atom stereocenters. The van der Waals surface area contributed by atoms with E-state index in [1.165, 1.54) is 0 Å². The molecule has 3 rings (SSSR count). The number of carbonyl (C=O) groups is 2. The van der Waals surface area contributed by atoms with E-state index in [0.29, 0.717) is 6.42 Å². The second kappa shape index (κ2) is 7.59. The summed E-state index contributed by atoms with van der Waals surface area (Å²) in [5.74, 6) is -0.118. The lowest BCUT2D eigenvalue weighted by Gasteiger charge is -2.20. The molecule has 25 heavy (non-hydrogen) atoms. The second-order valence-corrected chi connectivity index (χ2v) is 6.83. The highest BCUT2D eigenvalue weighted by atomic mass is 16.2. The molecular weight excluding hydrogens is 316 g/mol. The van der Waals surface area contributed by atoms with Crippen LogP contribution in [0.1, 0.15) is 38.7 Å². The van der Waals surface area contributed by atoms with Crippen molar-refractivity contribution in [1.29, 1.82) is 0 Å². The van der Waals surface area contributed by atoms with Gasteiger partial charge in [0.2, 0.25) is 5.91 Å². The third kappa shape index (κ3) is 4.53. The number of benzene rings is 1. The Bertz CT molecular complexity index is 751. The van der Waals surface area contributed by atoms with E-state index in [4.69, 9.17) is 0 Å². The first-order chi connectivity index (χ1) is 12.1. The third-order valence-corrected chi connectivity index (χ3v) is 4.63. The number of urea groups is 1. The van der Waals surface area contributed by atoms with E-state index in [1.807, 2.05) is 44.3 Å². The Balaban J connectivity index is 1.73. The average molecular weight is 342 g/mol. The highest BCUT2D eigenvalue weighted by molar-refractivity contribution is 5.89. The zero-order valence-electron chi connectivity index (χ0n) is 14.8. The van der Waals surface area contributed by atoms with Crippen molar-refractivity contribution in [2.45, 2.75) is 57.7 Å². The molecule has 134 valence electrons. The number of hydrogen-bond donors (Lipinski definition) is 4. The largest absolute Gasteiger partial charge is 0.361 e. The minimum absolute atomic E-state index is 0.0697. The fourth-order valence-electron chi connectivity index (χ4n) is 2.78. The monoisotopic (exact) mass is 342 g/mol. The standard InChI is InChI=1S/C19H26N4O2/c1-3-12(2)21-19(25)23-17(18(24)22-14-8-9-14)10-13-11-20-16-7-5-4-6-15(13)16/h4-7,11-12,14,17,20H,3,8-10H2,1-2H3,(H,22,24)(H2,21,23,25). The molecule has 6 nitrogen and oxygen atoms in total. The number of para-hydroxylation sites is 1. The Morgan fingerprint density at radius 1 is 1.24 bits per heavy atom. The summed E-state index contributed by atoms with van der Waals surface area (Å²) in [7, 11) is 0. The van der Waals surface area contributed by atoms with Gasteiger partial charge in [0.25, 0.3) is 0 Å². The van der Waals surface area contributed by atoms with Crippen LogP contribution in [-0.2, 0) is 11.2 Å². The lowest BCUT2D eigenvalue weighted by molar-refractivity contribution is -0.123. The Morgan fingerprint density at radius 2 is 2.00 bits per heavy atom. The average Bonchev–Trinajstić information content (AvgIpc) is 3.32. The van der Waals surface area contributed by atoms with Gasteiger partial charge in [-0.05, 0) is 37.8 Å². The summed E-state index contributed by atoms with van der Waals surface area (Å²) in [5, 5.41) is 9.78. The lowest BCUT2D eigenvalue weighted by atomic mass is 10.0. The van der Waals surface area contributed by atoms with E-state index >= 15 is 0 Å². The molecule has 1 saturated carbocycles. The highest BCUT2D eigenvalue weighted by Gasteiger charge is 2.29. The van der Waals surface area contributed by atoms with Crippen LogP contribution in [0.5, 0.6) is 0 Å². The topological polar surface area (TPSA) is 86.0 Å². The smallest absolute Gasteiger partial charge is 0.315 e. The van der Waals surface area contributed by atoms with Crippen LogP contribution in [0.3, 0.4) is 0 Å². The first kappa shape index (κ1) is 17.3. The van der Waals surface area contributed by atoms with Gasteiger partial charge >= 0.3 is 6.03 Å². The number of aromatic nitrogens is 1. The van der Waals surface area contributed by atoms with E-state index in [9.17, 15) is 9.59 Å². The van der Waals surface area contributed by atoms with Crippen LogP contribution >= 0.6 is 0 Å². The number of nitrogens with one attached hydrogen (secondary N) is 4. The number of amides is 3. The molecule has 6 heteroatoms. The minimum Gasteiger partial charge on any atom is -0.361 e. The fourth-order valence-corrected chi connectivity index (χ4v) is 2.78. The predicted molar refractivity (Wildman–Crippen MR) is 98.4 cm³/mol. The number of fused-ring (bicyclic) bond motifs is 1. The Morgan fingerprint density at radius 3 is 2.72 bits per heavy atom. The summed E-state index contributed by atoms with van der Waals surface area (Å²) in [6.07, 6.45) is 5.25. The Labute approximate surface area is 147 Å². The summed E-state index contributed by atoms with van der Waals surface area (Å²) in [5.41, 5.74) is 2.05. The molecule has 0 radical (unpaired) electrons. The molecule has 0 bridgehead atoms. The highest BCUT2D eigenvalue weighted by Crippen LogP contribution is 2.21. The maximum Gasteiger partial charge on any atom is 0.315 e. The molecule has 1 aromatic heterocycles. The first-order valence-corrected chi connectivity index (χ1v) is 8.99. The molecule has 1 aromatic carbocycles. The molecule has 2 aromatic rings. The summed E-state index contributed by atoms with van der Waals surface area (Å²) >= 11 is 0. The van der Waals surface area contributed by atoms with Crippen molar-refractivity contribution < 1.29 is 9.59 Å². The first-order valence-electron chi connectivity index (χ1n) is 8.99. The van der Waals surface area contributed by atoms with Gasteiger partial charge in [-0.2, -0.15) is 0 Å². The van der Waals surface area contributed by atoms with E-state index in [2.05, 4.69) is 20.9 Å². The SMILES string of the molecule is CCC(C)NC(=O)NC(Cc1c[nH]c2ccccc12)C(=O)NC1CC1. The summed E-state index contributed by atoms with van der Waals surface area (Å²) in [6, 6.07) is 7.41. The van der Waals surface area contributed by atoms with Crippen molar-refractivity contribution in [3.05, 3.63) is 36.0 Å². The van der Waals surface area contributed by atoms with Crippen LogP contribution in [-0.4, -0.2) is 35.0 Å². The van der Waals surface area contributed by atoms with Gasteiger partial charge in [-0.25, -0.2) is 4.79 Å². The van der Waals surface area contributed by atoms with Crippen molar-refractivity contribution in [2.75, 3.05) is 0 Å². The van der Waals surface area contributed by atoms with Crippen molar-refractivity contribution in [1.82, 2.24) is 20.9 Å². The van der Waals surface area contributed by atoms with Crippen molar-refractivity contribution in [2.24, 2.45) is 0 Å². The normalized spacial score (nSPS) is 16.2. The molecule has 0 spiro atoms. The van der Waals surface area contributed by atoms with E-state index < -0.39 is 6.04 Å². The maximum absolute atomic E-state index is 12.6. The van der Waals surface area contributed by atoms with Crippen molar-refractivity contribution in [3.63, 3.8) is 0 Å². The third-order valence-electron chi connectivity index (χ3n) is 4.63. The molecule has 1 fully saturated rings. The summed E-state index contributed by atoms with van der Waals surface area (Å²) in [6.45, 7) is 3.95. The molecule has 1 heterocycles. The minimum atomic E-state index is -0.594. The molecule has 3 amide bonds. The number of hydrogen-bond acceptors (Lipinski definition) is 2. The van der Waals surface area contributed by atoms with Gasteiger partial charge < -0.3 is 20.9 Å². The van der Waals surface area contributed by atoms with Gasteiger partial charge in [0.1, 0.15) is 6.04 Å². The van der Waals surface area contributed by atoms with Gasteiger partial charge in [0, 0.05) is 35.6 Å². The number of carbonyl (C=O) groups excluding carboxylic acids is 2. The van der Waals surface area contributed by atoms with Crippen LogP contribution in [0.4, 0.5) is 4.79 Å². The Hall–Kier alpha value is -2.50. The van der Waals surface area contributed by atoms with Crippen LogP contribution in [0.2, 0.25) is 0 Å². The van der Waals surface area contributed by atoms with Gasteiger partial charge in [-0.1, -0.05) is 25.1 Å². The van der Waals surface area contributed by atoms with Crippen LogP contribution in [0, 0.1) is 0 Å². The van der Waals surface area contributed by atoms with E-state index in [1.54, 1.807) is 0 Å². The molecule has 2 atom stereocenters. The van der Waals surface area contributed by atoms with Gasteiger partial charge in [-0.3, -0.25) is 4.79 Å². The molecule has 1 aliphatic rings. The maximum atomic E-state index is 12.6. The van der Waals surface area contributed by atoms with Gasteiger partial charge in [0.05, 0.1) is 0 Å². The molecule has 0 saturated heterocycles. The fraction of sp³-hybridized carbons (Fsp3) is 0.474. The second-order valence-electron chi connectivity index (χ2n) is 6.83. The van der Waals surface area contributed by atoms with Crippen molar-refractivity contribution in [3.8, 4) is 0 Å².